The van der Waals surface area contributed by atoms with E-state index >= 15 is 0 Å². The van der Waals surface area contributed by atoms with Crippen LogP contribution in [0.2, 0.25) is 0 Å². The summed E-state index contributed by atoms with van der Waals surface area (Å²) in [6, 6.07) is 19.5. The van der Waals surface area contributed by atoms with E-state index < -0.39 is 0 Å². The van der Waals surface area contributed by atoms with Crippen LogP contribution < -0.4 is 0 Å². The zero-order chi connectivity index (χ0) is 15.0. The highest BCUT2D eigenvalue weighted by atomic mass is 79.9. The van der Waals surface area contributed by atoms with Gasteiger partial charge >= 0.3 is 0 Å². The maximum atomic E-state index is 3.91. The molecule has 0 fully saturated rings. The van der Waals surface area contributed by atoms with Crippen molar-refractivity contribution in [3.8, 4) is 0 Å². The highest BCUT2D eigenvalue weighted by Crippen LogP contribution is 2.40. The van der Waals surface area contributed by atoms with Crippen LogP contribution >= 0.6 is 31.9 Å². The van der Waals surface area contributed by atoms with Crippen molar-refractivity contribution in [2.45, 2.75) is 18.7 Å². The normalized spacial score (nSPS) is 12.6. The molecule has 3 aromatic carbocycles. The van der Waals surface area contributed by atoms with Gasteiger partial charge < -0.3 is 0 Å². The molecule has 0 aliphatic rings. The molecule has 0 N–H and O–H groups in total. The van der Waals surface area contributed by atoms with Gasteiger partial charge in [0.15, 0.2) is 0 Å². The van der Waals surface area contributed by atoms with E-state index in [-0.39, 0.29) is 4.83 Å². The van der Waals surface area contributed by atoms with Gasteiger partial charge in [-0.3, -0.25) is 0 Å². The maximum Gasteiger partial charge on any atom is 0.0664 e. The SMILES string of the molecule is Cc1ccc(C(Br)c2c(C)ccc3ccccc23)c(Br)c1. The van der Waals surface area contributed by atoms with Crippen molar-refractivity contribution in [2.75, 3.05) is 0 Å². The molecule has 0 aliphatic heterocycles. The monoisotopic (exact) mass is 402 g/mol. The molecule has 0 amide bonds. The Hall–Kier alpha value is -1.12. The van der Waals surface area contributed by atoms with Crippen LogP contribution in [0, 0.1) is 13.8 Å². The summed E-state index contributed by atoms with van der Waals surface area (Å²) in [6.45, 7) is 4.29. The van der Waals surface area contributed by atoms with Gasteiger partial charge in [0.2, 0.25) is 0 Å². The van der Waals surface area contributed by atoms with Crippen molar-refractivity contribution in [2.24, 2.45) is 0 Å². The third kappa shape index (κ3) is 2.79. The van der Waals surface area contributed by atoms with Gasteiger partial charge in [-0.1, -0.05) is 80.4 Å². The van der Waals surface area contributed by atoms with E-state index in [0.717, 1.165) is 4.47 Å². The smallest absolute Gasteiger partial charge is 0.0664 e. The van der Waals surface area contributed by atoms with Gasteiger partial charge in [0, 0.05) is 4.47 Å². The molecule has 0 saturated heterocycles. The molecule has 0 bridgehead atoms. The molecule has 1 atom stereocenters. The molecule has 0 aliphatic carbocycles. The summed E-state index contributed by atoms with van der Waals surface area (Å²) in [5.41, 5.74) is 5.18. The number of aryl methyl sites for hydroxylation is 2. The molecule has 21 heavy (non-hydrogen) atoms. The highest BCUT2D eigenvalue weighted by Gasteiger charge is 2.18. The van der Waals surface area contributed by atoms with Gasteiger partial charge in [-0.25, -0.2) is 0 Å². The van der Waals surface area contributed by atoms with Gasteiger partial charge in [-0.05, 0) is 52.9 Å². The van der Waals surface area contributed by atoms with Crippen molar-refractivity contribution in [3.05, 3.63) is 81.3 Å². The molecular weight excluding hydrogens is 388 g/mol. The van der Waals surface area contributed by atoms with Gasteiger partial charge in [-0.2, -0.15) is 0 Å². The third-order valence-corrected chi connectivity index (χ3v) is 5.51. The molecule has 0 saturated carbocycles. The fraction of sp³-hybridized carbons (Fsp3) is 0.158. The Labute approximate surface area is 142 Å². The first-order valence-electron chi connectivity index (χ1n) is 6.96. The number of benzene rings is 3. The first-order valence-corrected chi connectivity index (χ1v) is 8.67. The van der Waals surface area contributed by atoms with Gasteiger partial charge in [-0.15, -0.1) is 0 Å². The largest absolute Gasteiger partial charge is 0.0786 e. The maximum absolute atomic E-state index is 3.91. The lowest BCUT2D eigenvalue weighted by Crippen LogP contribution is -1.99. The van der Waals surface area contributed by atoms with Crippen LogP contribution in [0.4, 0.5) is 0 Å². The topological polar surface area (TPSA) is 0 Å². The Bertz CT molecular complexity index is 806. The number of fused-ring (bicyclic) bond motifs is 1. The lowest BCUT2D eigenvalue weighted by Gasteiger charge is -2.18. The molecular formula is C19H16Br2. The average molecular weight is 404 g/mol. The van der Waals surface area contributed by atoms with Crippen LogP contribution in [-0.4, -0.2) is 0 Å². The van der Waals surface area contributed by atoms with Crippen LogP contribution in [0.15, 0.2) is 59.1 Å². The minimum atomic E-state index is 0.179. The minimum Gasteiger partial charge on any atom is -0.0786 e. The van der Waals surface area contributed by atoms with E-state index in [2.05, 4.69) is 100 Å². The summed E-state index contributed by atoms with van der Waals surface area (Å²) in [4.78, 5) is 0.179. The number of rotatable bonds is 2. The molecule has 2 heteroatoms. The standard InChI is InChI=1S/C19H16Br2/c1-12-7-10-16(17(20)11-12)19(21)18-13(2)8-9-14-5-3-4-6-15(14)18/h3-11,19H,1-2H3. The predicted octanol–water partition coefficient (Wildman–Crippen LogP) is 6.70. The predicted molar refractivity (Wildman–Crippen MR) is 98.3 cm³/mol. The lowest BCUT2D eigenvalue weighted by molar-refractivity contribution is 1.15. The van der Waals surface area contributed by atoms with Gasteiger partial charge in [0.05, 0.1) is 4.83 Å². The van der Waals surface area contributed by atoms with Gasteiger partial charge in [0.1, 0.15) is 0 Å². The summed E-state index contributed by atoms with van der Waals surface area (Å²) in [5.74, 6) is 0. The molecule has 0 heterocycles. The molecule has 3 rings (SSSR count). The van der Waals surface area contributed by atoms with Crippen LogP contribution in [0.1, 0.15) is 27.1 Å². The van der Waals surface area contributed by atoms with E-state index in [1.807, 2.05) is 0 Å². The Morgan fingerprint density at radius 2 is 1.67 bits per heavy atom. The Morgan fingerprint density at radius 1 is 0.905 bits per heavy atom. The highest BCUT2D eigenvalue weighted by molar-refractivity contribution is 9.11. The molecule has 0 radical (unpaired) electrons. The molecule has 1 unspecified atom stereocenters. The van der Waals surface area contributed by atoms with Crippen molar-refractivity contribution in [3.63, 3.8) is 0 Å². The summed E-state index contributed by atoms with van der Waals surface area (Å²) in [7, 11) is 0. The zero-order valence-electron chi connectivity index (χ0n) is 12.0. The van der Waals surface area contributed by atoms with Crippen LogP contribution in [0.25, 0.3) is 10.8 Å². The fourth-order valence-electron chi connectivity index (χ4n) is 2.73. The van der Waals surface area contributed by atoms with E-state index in [0.29, 0.717) is 0 Å². The minimum absolute atomic E-state index is 0.179. The first-order chi connectivity index (χ1) is 10.1. The van der Waals surface area contributed by atoms with Crippen LogP contribution in [0.3, 0.4) is 0 Å². The van der Waals surface area contributed by atoms with Crippen molar-refractivity contribution in [1.29, 1.82) is 0 Å². The molecule has 0 nitrogen and oxygen atoms in total. The lowest BCUT2D eigenvalue weighted by atomic mass is 9.94. The second-order valence-electron chi connectivity index (χ2n) is 5.40. The second kappa shape index (κ2) is 5.94. The van der Waals surface area contributed by atoms with Crippen LogP contribution in [-0.2, 0) is 0 Å². The zero-order valence-corrected chi connectivity index (χ0v) is 15.2. The van der Waals surface area contributed by atoms with E-state index in [1.165, 1.54) is 33.0 Å². The van der Waals surface area contributed by atoms with Crippen molar-refractivity contribution >= 4 is 42.6 Å². The Kier molecular flexibility index (Phi) is 4.19. The summed E-state index contributed by atoms with van der Waals surface area (Å²) >= 11 is 7.62. The quantitative estimate of drug-likeness (QED) is 0.417. The third-order valence-electron chi connectivity index (χ3n) is 3.87. The van der Waals surface area contributed by atoms with Gasteiger partial charge in [0.25, 0.3) is 0 Å². The molecule has 106 valence electrons. The number of hydrogen-bond donors (Lipinski definition) is 0. The number of hydrogen-bond acceptors (Lipinski definition) is 0. The molecule has 0 aromatic heterocycles. The van der Waals surface area contributed by atoms with Crippen LogP contribution in [0.5, 0.6) is 0 Å². The number of alkyl halides is 1. The average Bonchev–Trinajstić information content (AvgIpc) is 2.46. The number of halogens is 2. The van der Waals surface area contributed by atoms with Crippen molar-refractivity contribution < 1.29 is 0 Å². The second-order valence-corrected chi connectivity index (χ2v) is 7.17. The summed E-state index contributed by atoms with van der Waals surface area (Å²) in [5, 5.41) is 2.60. The van der Waals surface area contributed by atoms with E-state index in [4.69, 9.17) is 0 Å². The van der Waals surface area contributed by atoms with E-state index in [1.54, 1.807) is 0 Å². The first kappa shape index (κ1) is 14.8. The molecule has 3 aromatic rings. The Balaban J connectivity index is 2.21. The summed E-state index contributed by atoms with van der Waals surface area (Å²) in [6.07, 6.45) is 0. The molecule has 0 spiro atoms. The van der Waals surface area contributed by atoms with E-state index in [9.17, 15) is 0 Å². The fourth-order valence-corrected chi connectivity index (χ4v) is 4.77. The summed E-state index contributed by atoms with van der Waals surface area (Å²) < 4.78 is 1.15. The Morgan fingerprint density at radius 3 is 2.43 bits per heavy atom. The van der Waals surface area contributed by atoms with Crippen molar-refractivity contribution in [1.82, 2.24) is 0 Å².